The van der Waals surface area contributed by atoms with Gasteiger partial charge in [-0.25, -0.2) is 13.4 Å². The molecule has 1 amide bonds. The highest BCUT2D eigenvalue weighted by Crippen LogP contribution is 2.30. The SMILES string of the molecule is C=CCN(C(=O)C1CCCN1S(C)(=O)=O)c1nc(-c2ccccc2)cs1. The van der Waals surface area contributed by atoms with Crippen LogP contribution in [0.1, 0.15) is 12.8 Å². The molecule has 1 aliphatic heterocycles. The molecule has 0 radical (unpaired) electrons. The summed E-state index contributed by atoms with van der Waals surface area (Å²) in [6.45, 7) is 4.38. The van der Waals surface area contributed by atoms with E-state index in [9.17, 15) is 13.2 Å². The zero-order valence-corrected chi connectivity index (χ0v) is 16.2. The first-order valence-corrected chi connectivity index (χ1v) is 11.0. The summed E-state index contributed by atoms with van der Waals surface area (Å²) in [6, 6.07) is 9.05. The molecule has 8 heteroatoms. The fraction of sp³-hybridized carbons (Fsp3) is 0.333. The Morgan fingerprint density at radius 3 is 2.81 bits per heavy atom. The average molecular weight is 392 g/mol. The Labute approximate surface area is 157 Å². The number of hydrogen-bond acceptors (Lipinski definition) is 5. The van der Waals surface area contributed by atoms with Gasteiger partial charge in [0.2, 0.25) is 15.9 Å². The first-order chi connectivity index (χ1) is 12.4. The molecule has 0 spiro atoms. The van der Waals surface area contributed by atoms with E-state index < -0.39 is 16.1 Å². The summed E-state index contributed by atoms with van der Waals surface area (Å²) >= 11 is 1.37. The van der Waals surface area contributed by atoms with Crippen LogP contribution in [0.3, 0.4) is 0 Å². The molecular formula is C18H21N3O3S2. The average Bonchev–Trinajstić information content (AvgIpc) is 3.29. The van der Waals surface area contributed by atoms with Gasteiger partial charge in [0.25, 0.3) is 0 Å². The number of rotatable bonds is 6. The van der Waals surface area contributed by atoms with Gasteiger partial charge in [-0.15, -0.1) is 17.9 Å². The number of sulfonamides is 1. The minimum absolute atomic E-state index is 0.248. The topological polar surface area (TPSA) is 70.6 Å². The van der Waals surface area contributed by atoms with Gasteiger partial charge >= 0.3 is 0 Å². The summed E-state index contributed by atoms with van der Waals surface area (Å²) in [5, 5.41) is 2.45. The summed E-state index contributed by atoms with van der Waals surface area (Å²) in [5.41, 5.74) is 1.76. The van der Waals surface area contributed by atoms with Crippen LogP contribution in [0.4, 0.5) is 5.13 Å². The molecule has 1 saturated heterocycles. The van der Waals surface area contributed by atoms with Gasteiger partial charge in [0.1, 0.15) is 6.04 Å². The van der Waals surface area contributed by atoms with E-state index in [4.69, 9.17) is 0 Å². The number of benzene rings is 1. The van der Waals surface area contributed by atoms with E-state index in [1.54, 1.807) is 6.08 Å². The number of thiazole rings is 1. The third kappa shape index (κ3) is 3.87. The van der Waals surface area contributed by atoms with Gasteiger partial charge in [-0.2, -0.15) is 4.31 Å². The quantitative estimate of drug-likeness (QED) is 0.710. The number of hydrogen-bond donors (Lipinski definition) is 0. The van der Waals surface area contributed by atoms with E-state index in [2.05, 4.69) is 11.6 Å². The molecule has 0 aliphatic carbocycles. The van der Waals surface area contributed by atoms with Gasteiger partial charge in [0, 0.05) is 24.0 Å². The second-order valence-electron chi connectivity index (χ2n) is 6.15. The van der Waals surface area contributed by atoms with Gasteiger partial charge < -0.3 is 0 Å². The van der Waals surface area contributed by atoms with Crippen LogP contribution in [0.25, 0.3) is 11.3 Å². The first-order valence-electron chi connectivity index (χ1n) is 8.32. The van der Waals surface area contributed by atoms with Crippen LogP contribution in [0.2, 0.25) is 0 Å². The monoisotopic (exact) mass is 391 g/mol. The molecule has 1 fully saturated rings. The highest BCUT2D eigenvalue weighted by atomic mass is 32.2. The minimum Gasteiger partial charge on any atom is -0.283 e. The van der Waals surface area contributed by atoms with Gasteiger partial charge in [-0.1, -0.05) is 36.4 Å². The third-order valence-electron chi connectivity index (χ3n) is 4.28. The van der Waals surface area contributed by atoms with Crippen LogP contribution in [-0.2, 0) is 14.8 Å². The van der Waals surface area contributed by atoms with Crippen molar-refractivity contribution in [3.05, 3.63) is 48.4 Å². The molecule has 1 aliphatic rings. The maximum absolute atomic E-state index is 13.1. The van der Waals surface area contributed by atoms with Crippen LogP contribution in [0.15, 0.2) is 48.4 Å². The van der Waals surface area contributed by atoms with Crippen LogP contribution >= 0.6 is 11.3 Å². The molecule has 2 heterocycles. The lowest BCUT2D eigenvalue weighted by molar-refractivity contribution is -0.121. The predicted molar refractivity (Wildman–Crippen MR) is 105 cm³/mol. The van der Waals surface area contributed by atoms with Crippen LogP contribution in [-0.4, -0.2) is 49.0 Å². The molecule has 0 saturated carbocycles. The molecule has 1 aromatic heterocycles. The van der Waals surface area contributed by atoms with Crippen molar-refractivity contribution in [2.24, 2.45) is 0 Å². The maximum Gasteiger partial charge on any atom is 0.247 e. The lowest BCUT2D eigenvalue weighted by atomic mass is 10.2. The maximum atomic E-state index is 13.1. The number of carbonyl (C=O) groups excluding carboxylic acids is 1. The molecule has 1 unspecified atom stereocenters. The molecule has 1 atom stereocenters. The van der Waals surface area contributed by atoms with Gasteiger partial charge in [-0.05, 0) is 12.8 Å². The molecular weight excluding hydrogens is 370 g/mol. The van der Waals surface area contributed by atoms with Crippen molar-refractivity contribution in [2.75, 3.05) is 24.2 Å². The molecule has 3 rings (SSSR count). The Kier molecular flexibility index (Phi) is 5.55. The summed E-state index contributed by atoms with van der Waals surface area (Å²) in [6.07, 6.45) is 3.98. The number of anilines is 1. The highest BCUT2D eigenvalue weighted by molar-refractivity contribution is 7.88. The number of amides is 1. The molecule has 26 heavy (non-hydrogen) atoms. The molecule has 0 bridgehead atoms. The second kappa shape index (κ2) is 7.69. The van der Waals surface area contributed by atoms with E-state index in [1.165, 1.54) is 20.5 Å². The summed E-state index contributed by atoms with van der Waals surface area (Å²) in [5.74, 6) is -0.248. The Hall–Kier alpha value is -2.03. The van der Waals surface area contributed by atoms with Gasteiger partial charge in [0.15, 0.2) is 5.13 Å². The zero-order chi connectivity index (χ0) is 18.7. The number of aromatic nitrogens is 1. The predicted octanol–water partition coefficient (Wildman–Crippen LogP) is 2.75. The van der Waals surface area contributed by atoms with E-state index in [-0.39, 0.29) is 12.5 Å². The first kappa shape index (κ1) is 18.8. The summed E-state index contributed by atoms with van der Waals surface area (Å²) < 4.78 is 25.2. The van der Waals surface area contributed by atoms with Crippen molar-refractivity contribution >= 4 is 32.4 Å². The van der Waals surface area contributed by atoms with Crippen molar-refractivity contribution in [1.82, 2.24) is 9.29 Å². The van der Waals surface area contributed by atoms with Crippen molar-refractivity contribution in [2.45, 2.75) is 18.9 Å². The van der Waals surface area contributed by atoms with Crippen molar-refractivity contribution in [1.29, 1.82) is 0 Å². The molecule has 2 aromatic rings. The van der Waals surface area contributed by atoms with Crippen LogP contribution in [0, 0.1) is 0 Å². The van der Waals surface area contributed by atoms with Crippen molar-refractivity contribution < 1.29 is 13.2 Å². The number of nitrogens with zero attached hydrogens (tertiary/aromatic N) is 3. The Bertz CT molecular complexity index is 893. The number of carbonyl (C=O) groups is 1. The largest absolute Gasteiger partial charge is 0.283 e. The standard InChI is InChI=1S/C18H21N3O3S2/c1-3-11-20(17(22)16-10-7-12-21(16)26(2,23)24)18-19-15(13-25-18)14-8-5-4-6-9-14/h3-6,8-9,13,16H,1,7,10-12H2,2H3. The van der Waals surface area contributed by atoms with Crippen LogP contribution < -0.4 is 4.90 Å². The smallest absolute Gasteiger partial charge is 0.247 e. The van der Waals surface area contributed by atoms with Gasteiger partial charge in [-0.3, -0.25) is 9.69 Å². The fourth-order valence-corrected chi connectivity index (χ4v) is 5.05. The van der Waals surface area contributed by atoms with E-state index in [0.29, 0.717) is 24.5 Å². The van der Waals surface area contributed by atoms with Crippen molar-refractivity contribution in [3.8, 4) is 11.3 Å². The Morgan fingerprint density at radius 1 is 1.42 bits per heavy atom. The third-order valence-corrected chi connectivity index (χ3v) is 6.44. The zero-order valence-electron chi connectivity index (χ0n) is 14.5. The van der Waals surface area contributed by atoms with E-state index in [1.807, 2.05) is 35.7 Å². The van der Waals surface area contributed by atoms with E-state index in [0.717, 1.165) is 17.5 Å². The summed E-state index contributed by atoms with van der Waals surface area (Å²) in [7, 11) is -3.42. The molecule has 138 valence electrons. The second-order valence-corrected chi connectivity index (χ2v) is 8.92. The lowest BCUT2D eigenvalue weighted by Gasteiger charge is -2.26. The van der Waals surface area contributed by atoms with Crippen LogP contribution in [0.5, 0.6) is 0 Å². The minimum atomic E-state index is -3.42. The normalized spacial score (nSPS) is 18.0. The summed E-state index contributed by atoms with van der Waals surface area (Å²) in [4.78, 5) is 19.2. The molecule has 6 nitrogen and oxygen atoms in total. The Morgan fingerprint density at radius 2 is 2.15 bits per heavy atom. The lowest BCUT2D eigenvalue weighted by Crippen LogP contribution is -2.47. The molecule has 0 N–H and O–H groups in total. The van der Waals surface area contributed by atoms with Gasteiger partial charge in [0.05, 0.1) is 11.9 Å². The van der Waals surface area contributed by atoms with Crippen molar-refractivity contribution in [3.63, 3.8) is 0 Å². The van der Waals surface area contributed by atoms with E-state index >= 15 is 0 Å². The Balaban J connectivity index is 1.89. The highest BCUT2D eigenvalue weighted by Gasteiger charge is 2.39. The fourth-order valence-electron chi connectivity index (χ4n) is 3.08. The molecule has 1 aromatic carbocycles.